The third-order valence-corrected chi connectivity index (χ3v) is 8.32. The minimum absolute atomic E-state index is 0.0759. The van der Waals surface area contributed by atoms with Crippen LogP contribution in [0.4, 0.5) is 0 Å². The van der Waals surface area contributed by atoms with E-state index in [0.29, 0.717) is 18.6 Å². The zero-order valence-corrected chi connectivity index (χ0v) is 15.8. The van der Waals surface area contributed by atoms with Gasteiger partial charge in [0.1, 0.15) is 6.61 Å². The largest absolute Gasteiger partial charge is 0.394 e. The van der Waals surface area contributed by atoms with Crippen LogP contribution in [0.25, 0.3) is 0 Å². The maximum absolute atomic E-state index is 10.6. The van der Waals surface area contributed by atoms with Crippen LogP contribution < -0.4 is 5.73 Å². The topological polar surface area (TPSA) is 67.8 Å². The lowest BCUT2D eigenvalue weighted by atomic mass is 9.47. The van der Waals surface area contributed by atoms with E-state index in [9.17, 15) is 5.11 Å². The Kier molecular flexibility index (Phi) is 4.48. The van der Waals surface area contributed by atoms with E-state index in [2.05, 4.69) is 25.1 Å². The zero-order valence-electron chi connectivity index (χ0n) is 15.8. The van der Waals surface area contributed by atoms with Gasteiger partial charge in [-0.1, -0.05) is 24.6 Å². The average molecular weight is 347 g/mol. The second-order valence-electron chi connectivity index (χ2n) is 9.34. The molecule has 3 saturated carbocycles. The third-order valence-electron chi connectivity index (χ3n) is 8.32. The van der Waals surface area contributed by atoms with Gasteiger partial charge in [0.25, 0.3) is 0 Å². The van der Waals surface area contributed by atoms with Gasteiger partial charge in [-0.2, -0.15) is 0 Å². The number of oxime groups is 1. The molecule has 0 saturated heterocycles. The van der Waals surface area contributed by atoms with Gasteiger partial charge in [0, 0.05) is 6.54 Å². The Morgan fingerprint density at radius 3 is 2.80 bits per heavy atom. The molecule has 0 heterocycles. The summed E-state index contributed by atoms with van der Waals surface area (Å²) in [4.78, 5) is 5.31. The van der Waals surface area contributed by atoms with E-state index in [0.717, 1.165) is 36.3 Å². The Bertz CT molecular complexity index is 586. The van der Waals surface area contributed by atoms with E-state index in [1.54, 1.807) is 5.57 Å². The van der Waals surface area contributed by atoms with E-state index in [-0.39, 0.29) is 11.5 Å². The molecule has 0 aliphatic heterocycles. The number of aliphatic hydroxyl groups excluding tert-OH is 1. The molecule has 3 N–H and O–H groups in total. The molecule has 4 heteroatoms. The molecule has 4 aliphatic carbocycles. The molecule has 3 fully saturated rings. The first kappa shape index (κ1) is 17.5. The fourth-order valence-electron chi connectivity index (χ4n) is 6.80. The molecule has 4 rings (SSSR count). The second kappa shape index (κ2) is 6.38. The highest BCUT2D eigenvalue weighted by Gasteiger charge is 2.58. The van der Waals surface area contributed by atoms with Crippen LogP contribution in [0.5, 0.6) is 0 Å². The number of nitrogens with two attached hydrogens (primary N) is 1. The maximum atomic E-state index is 10.6. The highest BCUT2D eigenvalue weighted by Crippen LogP contribution is 2.65. The molecule has 4 nitrogen and oxygen atoms in total. The van der Waals surface area contributed by atoms with Crippen molar-refractivity contribution in [2.45, 2.75) is 71.3 Å². The Balaban J connectivity index is 1.57. The SMILES string of the molecule is CC12CC[C@@H]3C(CCC4=CC(=NOCCN)CCC43C)C1CCC2O. The summed E-state index contributed by atoms with van der Waals surface area (Å²) >= 11 is 0. The van der Waals surface area contributed by atoms with Crippen LogP contribution in [0.1, 0.15) is 65.2 Å². The van der Waals surface area contributed by atoms with Crippen LogP contribution in [-0.4, -0.2) is 30.1 Å². The molecule has 140 valence electrons. The summed E-state index contributed by atoms with van der Waals surface area (Å²) in [6.45, 7) is 5.87. The predicted octanol–water partition coefficient (Wildman–Crippen LogP) is 3.64. The molecule has 25 heavy (non-hydrogen) atoms. The number of allylic oxidation sites excluding steroid dienone is 2. The van der Waals surface area contributed by atoms with Gasteiger partial charge in [-0.3, -0.25) is 0 Å². The van der Waals surface area contributed by atoms with Gasteiger partial charge in [0.05, 0.1) is 11.8 Å². The highest BCUT2D eigenvalue weighted by molar-refractivity contribution is 5.96. The van der Waals surface area contributed by atoms with Crippen LogP contribution in [0.2, 0.25) is 0 Å². The lowest BCUT2D eigenvalue weighted by molar-refractivity contribution is -0.0722. The molecule has 0 spiro atoms. The Morgan fingerprint density at radius 2 is 2.00 bits per heavy atom. The summed E-state index contributed by atoms with van der Waals surface area (Å²) in [5, 5.41) is 14.9. The molecule has 5 unspecified atom stereocenters. The van der Waals surface area contributed by atoms with Gasteiger partial charge >= 0.3 is 0 Å². The summed E-state index contributed by atoms with van der Waals surface area (Å²) in [7, 11) is 0. The summed E-state index contributed by atoms with van der Waals surface area (Å²) in [6.07, 6.45) is 11.7. The van der Waals surface area contributed by atoms with Crippen LogP contribution in [0.15, 0.2) is 16.8 Å². The minimum atomic E-state index is -0.0759. The smallest absolute Gasteiger partial charge is 0.129 e. The number of rotatable bonds is 3. The number of hydrogen-bond acceptors (Lipinski definition) is 4. The zero-order chi connectivity index (χ0) is 17.7. The van der Waals surface area contributed by atoms with Crippen LogP contribution in [0, 0.1) is 28.6 Å². The molecular weight excluding hydrogens is 312 g/mol. The first-order valence-electron chi connectivity index (χ1n) is 10.3. The van der Waals surface area contributed by atoms with Crippen molar-refractivity contribution < 1.29 is 9.94 Å². The fourth-order valence-corrected chi connectivity index (χ4v) is 6.80. The molecule has 0 radical (unpaired) electrons. The lowest BCUT2D eigenvalue weighted by Crippen LogP contribution is -2.51. The van der Waals surface area contributed by atoms with Gasteiger partial charge < -0.3 is 15.7 Å². The molecule has 4 aliphatic rings. The van der Waals surface area contributed by atoms with Crippen molar-refractivity contribution in [3.8, 4) is 0 Å². The molecule has 0 aromatic rings. The van der Waals surface area contributed by atoms with E-state index in [1.807, 2.05) is 0 Å². The summed E-state index contributed by atoms with van der Waals surface area (Å²) in [5.74, 6) is 2.30. The highest BCUT2D eigenvalue weighted by atomic mass is 16.6. The molecule has 0 amide bonds. The molecular formula is C21H34N2O2. The first-order chi connectivity index (χ1) is 12.0. The first-order valence-corrected chi connectivity index (χ1v) is 10.3. The molecule has 0 bridgehead atoms. The molecule has 0 aromatic carbocycles. The van der Waals surface area contributed by atoms with Crippen molar-refractivity contribution in [1.29, 1.82) is 0 Å². The van der Waals surface area contributed by atoms with E-state index in [1.165, 1.54) is 38.5 Å². The van der Waals surface area contributed by atoms with E-state index in [4.69, 9.17) is 10.6 Å². The van der Waals surface area contributed by atoms with Gasteiger partial charge in [0.15, 0.2) is 0 Å². The van der Waals surface area contributed by atoms with Crippen molar-refractivity contribution in [3.63, 3.8) is 0 Å². The van der Waals surface area contributed by atoms with Crippen LogP contribution in [0.3, 0.4) is 0 Å². The Hall–Kier alpha value is -0.870. The maximum Gasteiger partial charge on any atom is 0.129 e. The number of fused-ring (bicyclic) bond motifs is 5. The van der Waals surface area contributed by atoms with Crippen LogP contribution >= 0.6 is 0 Å². The Morgan fingerprint density at radius 1 is 1.16 bits per heavy atom. The van der Waals surface area contributed by atoms with Crippen molar-refractivity contribution in [3.05, 3.63) is 11.6 Å². The van der Waals surface area contributed by atoms with E-state index >= 15 is 0 Å². The summed E-state index contributed by atoms with van der Waals surface area (Å²) in [5.41, 5.74) is 8.67. The van der Waals surface area contributed by atoms with Crippen molar-refractivity contribution in [2.75, 3.05) is 13.2 Å². The van der Waals surface area contributed by atoms with Crippen molar-refractivity contribution in [2.24, 2.45) is 39.5 Å². The third kappa shape index (κ3) is 2.68. The van der Waals surface area contributed by atoms with Crippen LogP contribution in [-0.2, 0) is 4.84 Å². The Labute approximate surface area is 151 Å². The normalized spacial score (nSPS) is 47.7. The van der Waals surface area contributed by atoms with E-state index < -0.39 is 0 Å². The summed E-state index contributed by atoms with van der Waals surface area (Å²) < 4.78 is 0. The van der Waals surface area contributed by atoms with Gasteiger partial charge in [0.2, 0.25) is 0 Å². The van der Waals surface area contributed by atoms with Gasteiger partial charge in [-0.05, 0) is 86.0 Å². The average Bonchev–Trinajstić information content (AvgIpc) is 2.90. The quantitative estimate of drug-likeness (QED) is 0.605. The number of aliphatic hydroxyl groups is 1. The van der Waals surface area contributed by atoms with Crippen molar-refractivity contribution in [1.82, 2.24) is 0 Å². The monoisotopic (exact) mass is 346 g/mol. The number of nitrogens with zero attached hydrogens (tertiary/aromatic N) is 1. The van der Waals surface area contributed by atoms with Gasteiger partial charge in [-0.15, -0.1) is 0 Å². The van der Waals surface area contributed by atoms with Gasteiger partial charge in [-0.25, -0.2) is 0 Å². The summed E-state index contributed by atoms with van der Waals surface area (Å²) in [6, 6.07) is 0. The van der Waals surface area contributed by atoms with Crippen molar-refractivity contribution >= 4 is 5.71 Å². The standard InChI is InChI=1S/C21H34N2O2/c1-20-9-7-15(23-25-12-11-22)13-14(20)3-4-16-17-5-6-19(24)21(17,2)10-8-18(16)20/h13,16-19,24H,3-12,22H2,1-2H3/t16?,17?,18-,19?,20?,21?/m1/s1. The molecule has 6 atom stereocenters. The minimum Gasteiger partial charge on any atom is -0.394 e. The number of hydrogen-bond donors (Lipinski definition) is 2. The predicted molar refractivity (Wildman–Crippen MR) is 100 cm³/mol. The lowest BCUT2D eigenvalue weighted by Gasteiger charge is -2.57. The molecule has 0 aromatic heterocycles. The fraction of sp³-hybridized carbons (Fsp3) is 0.857. The second-order valence-corrected chi connectivity index (χ2v) is 9.34.